The Hall–Kier alpha value is -1.32. The predicted molar refractivity (Wildman–Crippen MR) is 68.2 cm³/mol. The topological polar surface area (TPSA) is 43.0 Å². The molecule has 86 valence electrons. The first-order valence-electron chi connectivity index (χ1n) is 5.74. The number of benzene rings is 1. The van der Waals surface area contributed by atoms with Crippen molar-refractivity contribution >= 4 is 10.9 Å². The van der Waals surface area contributed by atoms with Crippen LogP contribution in [0.4, 0.5) is 0 Å². The smallest absolute Gasteiger partial charge is 0.0484 e. The first kappa shape index (κ1) is 11.2. The molecule has 1 heterocycles. The van der Waals surface area contributed by atoms with E-state index in [1.807, 2.05) is 0 Å². The van der Waals surface area contributed by atoms with Crippen LogP contribution in [0, 0.1) is 0 Å². The lowest BCUT2D eigenvalue weighted by Gasteiger charge is -2.04. The van der Waals surface area contributed by atoms with Gasteiger partial charge < -0.3 is 15.6 Å². The summed E-state index contributed by atoms with van der Waals surface area (Å²) in [7, 11) is 2.08. The van der Waals surface area contributed by atoms with Gasteiger partial charge in [-0.05, 0) is 23.7 Å². The van der Waals surface area contributed by atoms with Gasteiger partial charge >= 0.3 is 0 Å². The molecule has 16 heavy (non-hydrogen) atoms. The Labute approximate surface area is 96.2 Å². The van der Waals surface area contributed by atoms with Crippen LogP contribution in [0.3, 0.4) is 0 Å². The molecule has 2 aromatic rings. The van der Waals surface area contributed by atoms with Crippen molar-refractivity contribution in [2.75, 3.05) is 6.54 Å². The van der Waals surface area contributed by atoms with E-state index in [0.29, 0.717) is 6.54 Å². The average molecular weight is 217 g/mol. The minimum atomic E-state index is 0.598. The number of hydrogen-bond donors (Lipinski definition) is 2. The van der Waals surface area contributed by atoms with Gasteiger partial charge in [0.25, 0.3) is 0 Å². The fourth-order valence-electron chi connectivity index (χ4n) is 2.18. The molecule has 0 unspecified atom stereocenters. The van der Waals surface area contributed by atoms with Crippen LogP contribution >= 0.6 is 0 Å². The highest BCUT2D eigenvalue weighted by atomic mass is 14.9. The highest BCUT2D eigenvalue weighted by Gasteiger charge is 2.09. The number of aromatic nitrogens is 1. The number of hydrogen-bond acceptors (Lipinski definition) is 2. The monoisotopic (exact) mass is 217 g/mol. The Kier molecular flexibility index (Phi) is 3.27. The van der Waals surface area contributed by atoms with E-state index in [1.165, 1.54) is 22.0 Å². The fraction of sp³-hybridized carbons (Fsp3) is 0.385. The molecular weight excluding hydrogens is 198 g/mol. The van der Waals surface area contributed by atoms with Crippen LogP contribution in [-0.4, -0.2) is 11.1 Å². The maximum atomic E-state index is 5.79. The standard InChI is InChI=1S/C13H19N3/c1-3-15-8-11-9-16(2)12-6-4-5-10(7-14)13(11)12/h4-6,9,15H,3,7-8,14H2,1-2H3. The van der Waals surface area contributed by atoms with Gasteiger partial charge in [0, 0.05) is 37.2 Å². The molecule has 0 aliphatic heterocycles. The van der Waals surface area contributed by atoms with Gasteiger partial charge in [-0.15, -0.1) is 0 Å². The summed E-state index contributed by atoms with van der Waals surface area (Å²) in [6.07, 6.45) is 2.19. The van der Waals surface area contributed by atoms with Crippen LogP contribution in [0.15, 0.2) is 24.4 Å². The normalized spacial score (nSPS) is 11.2. The van der Waals surface area contributed by atoms with E-state index in [0.717, 1.165) is 13.1 Å². The van der Waals surface area contributed by atoms with Crippen molar-refractivity contribution in [2.24, 2.45) is 12.8 Å². The molecule has 1 aromatic heterocycles. The van der Waals surface area contributed by atoms with Gasteiger partial charge in [0.2, 0.25) is 0 Å². The minimum Gasteiger partial charge on any atom is -0.350 e. The van der Waals surface area contributed by atoms with E-state index in [4.69, 9.17) is 5.73 Å². The van der Waals surface area contributed by atoms with E-state index in [1.54, 1.807) is 0 Å². The number of nitrogens with one attached hydrogen (secondary N) is 1. The molecule has 3 nitrogen and oxygen atoms in total. The Morgan fingerprint density at radius 1 is 1.31 bits per heavy atom. The van der Waals surface area contributed by atoms with E-state index < -0.39 is 0 Å². The molecule has 1 aromatic carbocycles. The molecule has 0 saturated carbocycles. The highest BCUT2D eigenvalue weighted by Crippen LogP contribution is 2.24. The summed E-state index contributed by atoms with van der Waals surface area (Å²) in [5, 5.41) is 4.68. The largest absolute Gasteiger partial charge is 0.350 e. The van der Waals surface area contributed by atoms with Crippen molar-refractivity contribution in [3.8, 4) is 0 Å². The first-order chi connectivity index (χ1) is 7.77. The van der Waals surface area contributed by atoms with Gasteiger partial charge in [0.1, 0.15) is 0 Å². The number of aryl methyl sites for hydroxylation is 1. The van der Waals surface area contributed by atoms with Crippen molar-refractivity contribution < 1.29 is 0 Å². The molecule has 3 heteroatoms. The van der Waals surface area contributed by atoms with E-state index >= 15 is 0 Å². The van der Waals surface area contributed by atoms with Gasteiger partial charge in [0.05, 0.1) is 0 Å². The lowest BCUT2D eigenvalue weighted by molar-refractivity contribution is 0.727. The zero-order chi connectivity index (χ0) is 11.5. The van der Waals surface area contributed by atoms with Crippen LogP contribution in [0.2, 0.25) is 0 Å². The molecule has 0 spiro atoms. The average Bonchev–Trinajstić information content (AvgIpc) is 2.64. The molecular formula is C13H19N3. The van der Waals surface area contributed by atoms with Crippen molar-refractivity contribution in [3.63, 3.8) is 0 Å². The third-order valence-electron chi connectivity index (χ3n) is 2.96. The maximum absolute atomic E-state index is 5.79. The zero-order valence-corrected chi connectivity index (χ0v) is 9.96. The Morgan fingerprint density at radius 3 is 2.81 bits per heavy atom. The van der Waals surface area contributed by atoms with Gasteiger partial charge in [-0.3, -0.25) is 0 Å². The van der Waals surface area contributed by atoms with Crippen LogP contribution < -0.4 is 11.1 Å². The Morgan fingerprint density at radius 2 is 2.12 bits per heavy atom. The number of nitrogens with two attached hydrogens (primary N) is 1. The summed E-state index contributed by atoms with van der Waals surface area (Å²) in [6, 6.07) is 6.32. The molecule has 0 saturated heterocycles. The van der Waals surface area contributed by atoms with Crippen LogP contribution in [-0.2, 0) is 20.1 Å². The number of rotatable bonds is 4. The Balaban J connectivity index is 2.55. The molecule has 0 aliphatic carbocycles. The van der Waals surface area contributed by atoms with Crippen LogP contribution in [0.1, 0.15) is 18.1 Å². The summed E-state index contributed by atoms with van der Waals surface area (Å²) in [5.74, 6) is 0. The van der Waals surface area contributed by atoms with Crippen molar-refractivity contribution in [3.05, 3.63) is 35.5 Å². The summed E-state index contributed by atoms with van der Waals surface area (Å²) in [4.78, 5) is 0. The van der Waals surface area contributed by atoms with Crippen molar-refractivity contribution in [2.45, 2.75) is 20.0 Å². The Bertz CT molecular complexity index is 485. The molecule has 0 atom stereocenters. The molecule has 3 N–H and O–H groups in total. The van der Waals surface area contributed by atoms with E-state index in [-0.39, 0.29) is 0 Å². The first-order valence-corrected chi connectivity index (χ1v) is 5.74. The highest BCUT2D eigenvalue weighted by molar-refractivity contribution is 5.87. The third-order valence-corrected chi connectivity index (χ3v) is 2.96. The zero-order valence-electron chi connectivity index (χ0n) is 9.96. The second-order valence-electron chi connectivity index (χ2n) is 4.06. The van der Waals surface area contributed by atoms with Gasteiger partial charge in [0.15, 0.2) is 0 Å². The second kappa shape index (κ2) is 4.68. The van der Waals surface area contributed by atoms with Crippen LogP contribution in [0.5, 0.6) is 0 Å². The van der Waals surface area contributed by atoms with Gasteiger partial charge in [-0.25, -0.2) is 0 Å². The quantitative estimate of drug-likeness (QED) is 0.819. The molecule has 2 rings (SSSR count). The number of fused-ring (bicyclic) bond motifs is 1. The van der Waals surface area contributed by atoms with E-state index in [2.05, 4.69) is 48.3 Å². The lowest BCUT2D eigenvalue weighted by Crippen LogP contribution is -2.11. The molecule has 0 amide bonds. The third kappa shape index (κ3) is 1.84. The molecule has 0 bridgehead atoms. The van der Waals surface area contributed by atoms with Gasteiger partial charge in [-0.2, -0.15) is 0 Å². The molecule has 0 radical (unpaired) electrons. The molecule has 0 aliphatic rings. The summed E-state index contributed by atoms with van der Waals surface area (Å²) >= 11 is 0. The van der Waals surface area contributed by atoms with Gasteiger partial charge in [-0.1, -0.05) is 19.1 Å². The summed E-state index contributed by atoms with van der Waals surface area (Å²) in [5.41, 5.74) is 9.61. The summed E-state index contributed by atoms with van der Waals surface area (Å²) < 4.78 is 2.17. The summed E-state index contributed by atoms with van der Waals surface area (Å²) in [6.45, 7) is 4.61. The number of nitrogens with zero attached hydrogens (tertiary/aromatic N) is 1. The van der Waals surface area contributed by atoms with Crippen molar-refractivity contribution in [1.29, 1.82) is 0 Å². The lowest BCUT2D eigenvalue weighted by atomic mass is 10.1. The predicted octanol–water partition coefficient (Wildman–Crippen LogP) is 1.75. The van der Waals surface area contributed by atoms with Crippen LogP contribution in [0.25, 0.3) is 10.9 Å². The SMILES string of the molecule is CCNCc1cn(C)c2cccc(CN)c12. The second-order valence-corrected chi connectivity index (χ2v) is 4.06. The maximum Gasteiger partial charge on any atom is 0.0484 e. The fourth-order valence-corrected chi connectivity index (χ4v) is 2.18. The molecule has 0 fully saturated rings. The van der Waals surface area contributed by atoms with E-state index in [9.17, 15) is 0 Å². The van der Waals surface area contributed by atoms with Crippen molar-refractivity contribution in [1.82, 2.24) is 9.88 Å². The minimum absolute atomic E-state index is 0.598.